The van der Waals surface area contributed by atoms with Gasteiger partial charge in [-0.05, 0) is 12.8 Å². The van der Waals surface area contributed by atoms with Gasteiger partial charge in [0.1, 0.15) is 5.82 Å². The lowest BCUT2D eigenvalue weighted by Gasteiger charge is -2.09. The van der Waals surface area contributed by atoms with E-state index in [0.29, 0.717) is 11.9 Å². The predicted octanol–water partition coefficient (Wildman–Crippen LogP) is 0.975. The zero-order valence-electron chi connectivity index (χ0n) is 6.40. The van der Waals surface area contributed by atoms with Crippen LogP contribution in [-0.4, -0.2) is 15.0 Å². The summed E-state index contributed by atoms with van der Waals surface area (Å²) in [5.74, 6) is 0.692. The van der Waals surface area contributed by atoms with Gasteiger partial charge in [0.05, 0.1) is 12.2 Å². The molecule has 1 aliphatic rings. The Hall–Kier alpha value is -1.06. The monoisotopic (exact) mass is 152 g/mol. The van der Waals surface area contributed by atoms with Crippen LogP contribution >= 0.6 is 0 Å². The maximum atomic E-state index is 5.66. The lowest BCUT2D eigenvalue weighted by atomic mass is 10.2. The zero-order chi connectivity index (χ0) is 7.68. The van der Waals surface area contributed by atoms with Gasteiger partial charge in [-0.1, -0.05) is 18.1 Å². The van der Waals surface area contributed by atoms with Gasteiger partial charge in [0.2, 0.25) is 0 Å². The number of aromatic nitrogens is 3. The van der Waals surface area contributed by atoms with Crippen LogP contribution in [0.1, 0.15) is 31.7 Å². The molecule has 60 valence electrons. The second-order valence-electron chi connectivity index (χ2n) is 3.04. The van der Waals surface area contributed by atoms with Crippen molar-refractivity contribution in [2.75, 3.05) is 5.73 Å². The van der Waals surface area contributed by atoms with Crippen molar-refractivity contribution >= 4 is 5.82 Å². The highest BCUT2D eigenvalue weighted by atomic mass is 15.5. The molecular weight excluding hydrogens is 140 g/mol. The number of hydrogen-bond donors (Lipinski definition) is 1. The number of nitrogens with two attached hydrogens (primary N) is 1. The third kappa shape index (κ3) is 1.08. The number of rotatable bonds is 1. The van der Waals surface area contributed by atoms with Crippen molar-refractivity contribution < 1.29 is 0 Å². The lowest BCUT2D eigenvalue weighted by molar-refractivity contribution is 0.460. The second-order valence-corrected chi connectivity index (χ2v) is 3.04. The molecule has 1 aromatic heterocycles. The Labute approximate surface area is 65.4 Å². The van der Waals surface area contributed by atoms with E-state index >= 15 is 0 Å². The van der Waals surface area contributed by atoms with Gasteiger partial charge in [-0.15, -0.1) is 5.10 Å². The largest absolute Gasteiger partial charge is 0.383 e. The fourth-order valence-corrected chi connectivity index (χ4v) is 1.68. The third-order valence-corrected chi connectivity index (χ3v) is 2.27. The maximum absolute atomic E-state index is 5.66. The molecule has 0 saturated heterocycles. The molecule has 1 aliphatic carbocycles. The standard InChI is InChI=1S/C7H12N4/c8-7-5-9-10-11(7)6-3-1-2-4-6/h5-6H,1-4,8H2. The highest BCUT2D eigenvalue weighted by molar-refractivity contribution is 5.22. The van der Waals surface area contributed by atoms with Crippen LogP contribution < -0.4 is 5.73 Å². The summed E-state index contributed by atoms with van der Waals surface area (Å²) in [7, 11) is 0. The summed E-state index contributed by atoms with van der Waals surface area (Å²) in [6.07, 6.45) is 6.60. The van der Waals surface area contributed by atoms with Crippen LogP contribution in [0.3, 0.4) is 0 Å². The van der Waals surface area contributed by atoms with E-state index in [1.54, 1.807) is 6.20 Å². The summed E-state index contributed by atoms with van der Waals surface area (Å²) < 4.78 is 1.84. The van der Waals surface area contributed by atoms with Crippen molar-refractivity contribution in [3.8, 4) is 0 Å². The Bertz CT molecular complexity index is 236. The number of anilines is 1. The Morgan fingerprint density at radius 2 is 2.18 bits per heavy atom. The molecule has 0 aromatic carbocycles. The molecule has 1 aromatic rings. The molecule has 2 rings (SSSR count). The van der Waals surface area contributed by atoms with Gasteiger partial charge in [0.25, 0.3) is 0 Å². The van der Waals surface area contributed by atoms with E-state index in [2.05, 4.69) is 10.3 Å². The molecular formula is C7H12N4. The minimum Gasteiger partial charge on any atom is -0.383 e. The molecule has 0 bridgehead atoms. The molecule has 1 fully saturated rings. The van der Waals surface area contributed by atoms with Crippen LogP contribution in [0.4, 0.5) is 5.82 Å². The first kappa shape index (κ1) is 6.64. The Morgan fingerprint density at radius 3 is 2.73 bits per heavy atom. The average molecular weight is 152 g/mol. The second kappa shape index (κ2) is 2.53. The van der Waals surface area contributed by atoms with Gasteiger partial charge in [0.15, 0.2) is 0 Å². The van der Waals surface area contributed by atoms with Crippen LogP contribution in [0, 0.1) is 0 Å². The quantitative estimate of drug-likeness (QED) is 0.652. The minimum atomic E-state index is 0.512. The molecule has 0 aliphatic heterocycles. The van der Waals surface area contributed by atoms with E-state index in [9.17, 15) is 0 Å². The van der Waals surface area contributed by atoms with Crippen molar-refractivity contribution in [3.63, 3.8) is 0 Å². The van der Waals surface area contributed by atoms with Crippen LogP contribution in [-0.2, 0) is 0 Å². The number of nitrogen functional groups attached to an aromatic ring is 1. The van der Waals surface area contributed by atoms with Crippen molar-refractivity contribution in [3.05, 3.63) is 6.20 Å². The summed E-state index contributed by atoms with van der Waals surface area (Å²) in [4.78, 5) is 0. The SMILES string of the molecule is Nc1cnnn1C1CCCC1. The third-order valence-electron chi connectivity index (χ3n) is 2.27. The first-order chi connectivity index (χ1) is 5.38. The molecule has 0 spiro atoms. The summed E-state index contributed by atoms with van der Waals surface area (Å²) in [5.41, 5.74) is 5.66. The molecule has 0 amide bonds. The fraction of sp³-hybridized carbons (Fsp3) is 0.714. The first-order valence-corrected chi connectivity index (χ1v) is 4.03. The highest BCUT2D eigenvalue weighted by Gasteiger charge is 2.18. The molecule has 4 heteroatoms. The summed E-state index contributed by atoms with van der Waals surface area (Å²) in [6.45, 7) is 0. The van der Waals surface area contributed by atoms with E-state index < -0.39 is 0 Å². The first-order valence-electron chi connectivity index (χ1n) is 4.03. The van der Waals surface area contributed by atoms with Crippen LogP contribution in [0.2, 0.25) is 0 Å². The molecule has 0 radical (unpaired) electrons. The van der Waals surface area contributed by atoms with E-state index in [-0.39, 0.29) is 0 Å². The van der Waals surface area contributed by atoms with Gasteiger partial charge < -0.3 is 5.73 Å². The average Bonchev–Trinajstić information content (AvgIpc) is 2.55. The van der Waals surface area contributed by atoms with Gasteiger partial charge in [-0.3, -0.25) is 0 Å². The predicted molar refractivity (Wildman–Crippen MR) is 41.9 cm³/mol. The van der Waals surface area contributed by atoms with E-state index in [1.807, 2.05) is 4.68 Å². The Kier molecular flexibility index (Phi) is 1.52. The summed E-state index contributed by atoms with van der Waals surface area (Å²) >= 11 is 0. The van der Waals surface area contributed by atoms with Gasteiger partial charge in [0, 0.05) is 0 Å². The van der Waals surface area contributed by atoms with Gasteiger partial charge >= 0.3 is 0 Å². The molecule has 0 unspecified atom stereocenters. The van der Waals surface area contributed by atoms with Crippen LogP contribution in [0.15, 0.2) is 6.20 Å². The smallest absolute Gasteiger partial charge is 0.142 e. The molecule has 1 heterocycles. The van der Waals surface area contributed by atoms with E-state index in [4.69, 9.17) is 5.73 Å². The van der Waals surface area contributed by atoms with Crippen molar-refractivity contribution in [1.29, 1.82) is 0 Å². The summed E-state index contributed by atoms with van der Waals surface area (Å²) in [5, 5.41) is 7.69. The number of hydrogen-bond acceptors (Lipinski definition) is 3. The van der Waals surface area contributed by atoms with Crippen molar-refractivity contribution in [1.82, 2.24) is 15.0 Å². The minimum absolute atomic E-state index is 0.512. The summed E-state index contributed by atoms with van der Waals surface area (Å²) in [6, 6.07) is 0.512. The number of nitrogens with zero attached hydrogens (tertiary/aromatic N) is 3. The van der Waals surface area contributed by atoms with Gasteiger partial charge in [-0.25, -0.2) is 4.68 Å². The van der Waals surface area contributed by atoms with E-state index in [0.717, 1.165) is 0 Å². The van der Waals surface area contributed by atoms with Crippen LogP contribution in [0.5, 0.6) is 0 Å². The topological polar surface area (TPSA) is 56.7 Å². The van der Waals surface area contributed by atoms with Crippen LogP contribution in [0.25, 0.3) is 0 Å². The Balaban J connectivity index is 2.21. The molecule has 4 nitrogen and oxygen atoms in total. The van der Waals surface area contributed by atoms with Crippen molar-refractivity contribution in [2.45, 2.75) is 31.7 Å². The molecule has 1 saturated carbocycles. The van der Waals surface area contributed by atoms with Gasteiger partial charge in [-0.2, -0.15) is 0 Å². The highest BCUT2D eigenvalue weighted by Crippen LogP contribution is 2.29. The maximum Gasteiger partial charge on any atom is 0.142 e. The fourth-order valence-electron chi connectivity index (χ4n) is 1.68. The Morgan fingerprint density at radius 1 is 1.45 bits per heavy atom. The lowest BCUT2D eigenvalue weighted by Crippen LogP contribution is -2.09. The molecule has 2 N–H and O–H groups in total. The van der Waals surface area contributed by atoms with E-state index in [1.165, 1.54) is 25.7 Å². The normalized spacial score (nSPS) is 19.3. The van der Waals surface area contributed by atoms with Crippen molar-refractivity contribution in [2.24, 2.45) is 0 Å². The molecule has 11 heavy (non-hydrogen) atoms. The zero-order valence-corrected chi connectivity index (χ0v) is 6.40. The molecule has 0 atom stereocenters.